The van der Waals surface area contributed by atoms with Crippen LogP contribution in [0.2, 0.25) is 5.02 Å². The molecule has 1 aromatic heterocycles. The van der Waals surface area contributed by atoms with Crippen molar-refractivity contribution in [3.05, 3.63) is 46.5 Å². The molecule has 0 saturated carbocycles. The number of aryl methyl sites for hydroxylation is 1. The average molecular weight is 255 g/mol. The van der Waals surface area contributed by atoms with Crippen molar-refractivity contribution in [3.63, 3.8) is 0 Å². The third kappa shape index (κ3) is 2.14. The van der Waals surface area contributed by atoms with Crippen LogP contribution in [0.25, 0.3) is 5.69 Å². The Morgan fingerprint density at radius 2 is 2.24 bits per heavy atom. The van der Waals surface area contributed by atoms with E-state index >= 15 is 0 Å². The minimum atomic E-state index is -1.13. The number of halogens is 2. The minimum Gasteiger partial charge on any atom is -0.476 e. The van der Waals surface area contributed by atoms with Gasteiger partial charge >= 0.3 is 5.97 Å². The molecule has 0 unspecified atom stereocenters. The van der Waals surface area contributed by atoms with E-state index < -0.39 is 11.8 Å². The Bertz CT molecular complexity index is 595. The number of aromatic nitrogens is 2. The summed E-state index contributed by atoms with van der Waals surface area (Å²) in [5.74, 6) is -1.59. The Morgan fingerprint density at radius 3 is 2.82 bits per heavy atom. The average Bonchev–Trinajstić information content (AvgIpc) is 2.64. The van der Waals surface area contributed by atoms with Crippen molar-refractivity contribution in [1.29, 1.82) is 0 Å². The van der Waals surface area contributed by atoms with Crippen molar-refractivity contribution in [1.82, 2.24) is 9.78 Å². The lowest BCUT2D eigenvalue weighted by Crippen LogP contribution is -2.02. The Kier molecular flexibility index (Phi) is 2.85. The zero-order valence-electron chi connectivity index (χ0n) is 8.82. The molecule has 88 valence electrons. The summed E-state index contributed by atoms with van der Waals surface area (Å²) >= 11 is 5.90. The number of nitrogens with zero attached hydrogens (tertiary/aromatic N) is 2. The molecule has 0 bridgehead atoms. The number of rotatable bonds is 2. The Hall–Kier alpha value is -1.88. The smallest absolute Gasteiger partial charge is 0.356 e. The van der Waals surface area contributed by atoms with Gasteiger partial charge in [0.15, 0.2) is 5.69 Å². The van der Waals surface area contributed by atoms with Crippen LogP contribution in [0, 0.1) is 12.7 Å². The fourth-order valence-corrected chi connectivity index (χ4v) is 1.66. The zero-order valence-corrected chi connectivity index (χ0v) is 9.57. The first-order valence-corrected chi connectivity index (χ1v) is 5.12. The molecule has 2 aromatic rings. The summed E-state index contributed by atoms with van der Waals surface area (Å²) in [7, 11) is 0. The van der Waals surface area contributed by atoms with Gasteiger partial charge in [-0.15, -0.1) is 0 Å². The first kappa shape index (κ1) is 11.6. The molecule has 0 fully saturated rings. The quantitative estimate of drug-likeness (QED) is 0.896. The monoisotopic (exact) mass is 254 g/mol. The molecule has 0 spiro atoms. The van der Waals surface area contributed by atoms with Crippen LogP contribution in [0.5, 0.6) is 0 Å². The highest BCUT2D eigenvalue weighted by atomic mass is 35.5. The fraction of sp³-hybridized carbons (Fsp3) is 0.0909. The summed E-state index contributed by atoms with van der Waals surface area (Å²) in [4.78, 5) is 10.8. The van der Waals surface area contributed by atoms with Crippen molar-refractivity contribution in [3.8, 4) is 5.69 Å². The van der Waals surface area contributed by atoms with Gasteiger partial charge in [0.25, 0.3) is 0 Å². The summed E-state index contributed by atoms with van der Waals surface area (Å²) in [6.07, 6.45) is 1.49. The van der Waals surface area contributed by atoms with Crippen molar-refractivity contribution >= 4 is 17.6 Å². The van der Waals surface area contributed by atoms with Crippen LogP contribution < -0.4 is 0 Å². The molecule has 0 amide bonds. The normalized spacial score (nSPS) is 10.5. The molecule has 17 heavy (non-hydrogen) atoms. The lowest BCUT2D eigenvalue weighted by molar-refractivity contribution is 0.0689. The highest BCUT2D eigenvalue weighted by molar-refractivity contribution is 6.32. The van der Waals surface area contributed by atoms with Gasteiger partial charge in [-0.3, -0.25) is 0 Å². The number of carboxylic acid groups (broad SMARTS) is 1. The van der Waals surface area contributed by atoms with Gasteiger partial charge < -0.3 is 5.11 Å². The highest BCUT2D eigenvalue weighted by Crippen LogP contribution is 2.22. The summed E-state index contributed by atoms with van der Waals surface area (Å²) < 4.78 is 14.3. The summed E-state index contributed by atoms with van der Waals surface area (Å²) in [5.41, 5.74) is 0.713. The Morgan fingerprint density at radius 1 is 1.53 bits per heavy atom. The molecule has 2 rings (SSSR count). The molecule has 0 aliphatic carbocycles. The van der Waals surface area contributed by atoms with Crippen LogP contribution in [0.3, 0.4) is 0 Å². The minimum absolute atomic E-state index is 0.0784. The maximum absolute atomic E-state index is 13.1. The molecule has 0 saturated heterocycles. The summed E-state index contributed by atoms with van der Waals surface area (Å²) in [6.45, 7) is 1.61. The number of carbonyl (C=O) groups is 1. The molecule has 0 atom stereocenters. The predicted octanol–water partition coefficient (Wildman–Crippen LogP) is 2.67. The van der Waals surface area contributed by atoms with E-state index in [1.54, 1.807) is 6.92 Å². The Labute approximate surface area is 101 Å². The van der Waals surface area contributed by atoms with Crippen LogP contribution in [-0.4, -0.2) is 20.9 Å². The summed E-state index contributed by atoms with van der Waals surface area (Å²) in [6, 6.07) is 3.81. The largest absolute Gasteiger partial charge is 0.476 e. The van der Waals surface area contributed by atoms with E-state index in [4.69, 9.17) is 16.7 Å². The van der Waals surface area contributed by atoms with Crippen LogP contribution in [-0.2, 0) is 0 Å². The number of hydrogen-bond acceptors (Lipinski definition) is 2. The molecule has 1 N–H and O–H groups in total. The second kappa shape index (κ2) is 4.18. The molecule has 1 aromatic carbocycles. The molecule has 1 heterocycles. The lowest BCUT2D eigenvalue weighted by Gasteiger charge is -2.03. The van der Waals surface area contributed by atoms with Gasteiger partial charge in [0.05, 0.1) is 10.7 Å². The zero-order chi connectivity index (χ0) is 12.6. The van der Waals surface area contributed by atoms with Gasteiger partial charge in [-0.2, -0.15) is 5.10 Å². The number of carboxylic acids is 1. The maximum atomic E-state index is 13.1. The van der Waals surface area contributed by atoms with Crippen molar-refractivity contribution in [2.75, 3.05) is 0 Å². The Balaban J connectivity index is 2.57. The number of hydrogen-bond donors (Lipinski definition) is 1. The van der Waals surface area contributed by atoms with Crippen LogP contribution >= 0.6 is 11.6 Å². The van der Waals surface area contributed by atoms with Crippen LogP contribution in [0.15, 0.2) is 24.4 Å². The fourth-order valence-electron chi connectivity index (χ4n) is 1.46. The van der Waals surface area contributed by atoms with Crippen molar-refractivity contribution in [2.45, 2.75) is 6.92 Å². The van der Waals surface area contributed by atoms with Crippen molar-refractivity contribution < 1.29 is 14.3 Å². The van der Waals surface area contributed by atoms with Crippen LogP contribution in [0.4, 0.5) is 4.39 Å². The predicted molar refractivity (Wildman–Crippen MR) is 60.2 cm³/mol. The van der Waals surface area contributed by atoms with E-state index in [0.717, 1.165) is 0 Å². The maximum Gasteiger partial charge on any atom is 0.356 e. The molecule has 0 aliphatic heterocycles. The van der Waals surface area contributed by atoms with Gasteiger partial charge in [-0.25, -0.2) is 13.9 Å². The number of benzene rings is 1. The first-order chi connectivity index (χ1) is 7.99. The van der Waals surface area contributed by atoms with E-state index in [1.807, 2.05) is 0 Å². The van der Waals surface area contributed by atoms with Crippen LogP contribution in [0.1, 0.15) is 16.1 Å². The van der Waals surface area contributed by atoms with Gasteiger partial charge in [0, 0.05) is 17.8 Å². The standard InChI is InChI=1S/C11H8ClFN2O2/c1-6-5-15(14-10(6)11(16)17)9-4-7(13)2-3-8(9)12/h2-5H,1H3,(H,16,17). The number of aromatic carboxylic acids is 1. The van der Waals surface area contributed by atoms with E-state index in [9.17, 15) is 9.18 Å². The van der Waals surface area contributed by atoms with Gasteiger partial charge in [-0.05, 0) is 19.1 Å². The van der Waals surface area contributed by atoms with Crippen molar-refractivity contribution in [2.24, 2.45) is 0 Å². The van der Waals surface area contributed by atoms with Gasteiger partial charge in [-0.1, -0.05) is 11.6 Å². The molecular weight excluding hydrogens is 247 g/mol. The third-order valence-corrected chi connectivity index (χ3v) is 2.57. The first-order valence-electron chi connectivity index (χ1n) is 4.74. The SMILES string of the molecule is Cc1cn(-c2cc(F)ccc2Cl)nc1C(=O)O. The summed E-state index contributed by atoms with van der Waals surface area (Å²) in [5, 5.41) is 13.0. The molecule has 6 heteroatoms. The van der Waals surface area contributed by atoms with E-state index in [0.29, 0.717) is 16.3 Å². The van der Waals surface area contributed by atoms with E-state index in [1.165, 1.54) is 29.1 Å². The molecule has 0 radical (unpaired) electrons. The molecule has 4 nitrogen and oxygen atoms in total. The third-order valence-electron chi connectivity index (χ3n) is 2.25. The second-order valence-corrected chi connectivity index (χ2v) is 3.91. The van der Waals surface area contributed by atoms with E-state index in [-0.39, 0.29) is 5.69 Å². The molecule has 0 aliphatic rings. The second-order valence-electron chi connectivity index (χ2n) is 3.51. The molecular formula is C11H8ClFN2O2. The van der Waals surface area contributed by atoms with Gasteiger partial charge in [0.2, 0.25) is 0 Å². The topological polar surface area (TPSA) is 55.1 Å². The highest BCUT2D eigenvalue weighted by Gasteiger charge is 2.14. The lowest BCUT2D eigenvalue weighted by atomic mass is 10.3. The van der Waals surface area contributed by atoms with Gasteiger partial charge in [0.1, 0.15) is 5.82 Å². The van der Waals surface area contributed by atoms with E-state index in [2.05, 4.69) is 5.10 Å².